The molecule has 2 radical (unpaired) electrons. The van der Waals surface area contributed by atoms with Crippen LogP contribution in [0.3, 0.4) is 0 Å². The molecular formula is C7H10O7S2Y2-4. The molecule has 0 amide bonds. The molecule has 0 rings (SSSR count). The van der Waals surface area contributed by atoms with E-state index in [2.05, 4.69) is 42.3 Å². The van der Waals surface area contributed by atoms with E-state index in [1.54, 1.807) is 0 Å². The van der Waals surface area contributed by atoms with Gasteiger partial charge in [-0.3, -0.25) is 4.79 Å². The molecule has 0 N–H and O–H groups in total. The van der Waals surface area contributed by atoms with E-state index < -0.39 is 5.97 Å². The number of hydrogen-bond acceptors (Lipinski definition) is 9. The second-order valence-electron chi connectivity index (χ2n) is 1.62. The zero-order valence-electron chi connectivity index (χ0n) is 9.74. The van der Waals surface area contributed by atoms with Gasteiger partial charge in [-0.1, -0.05) is 12.9 Å². The molecule has 0 unspecified atom stereocenters. The van der Waals surface area contributed by atoms with Crippen LogP contribution >= 0.6 is 0 Å². The molecule has 11 heteroatoms. The van der Waals surface area contributed by atoms with Crippen LogP contribution < -0.4 is 0 Å². The van der Waals surface area contributed by atoms with E-state index in [0.717, 1.165) is 6.47 Å². The summed E-state index contributed by atoms with van der Waals surface area (Å²) >= 11 is 7.33. The third kappa shape index (κ3) is 53.2. The Kier molecular flexibility index (Phi) is 63.5. The van der Waals surface area contributed by atoms with E-state index in [-0.39, 0.29) is 79.0 Å². The number of rotatable bonds is 6. The van der Waals surface area contributed by atoms with E-state index in [9.17, 15) is 9.59 Å². The van der Waals surface area contributed by atoms with Crippen molar-refractivity contribution in [3.8, 4) is 0 Å². The Morgan fingerprint density at radius 2 is 1.44 bits per heavy atom. The van der Waals surface area contributed by atoms with Crippen molar-refractivity contribution < 1.29 is 98.7 Å². The summed E-state index contributed by atoms with van der Waals surface area (Å²) in [5.74, 6) is -0.486. The fourth-order valence-corrected chi connectivity index (χ4v) is 0.219. The number of methoxy groups -OCH3 is 1. The standard InChI is InChI=1S/C4H5O4.C3H5O3.S2.2Y/c1-4(6)8-3-7-2-5;1-5-3-6-2-4;1-2;;/h3H2,1H3;3H2,1H3;;;/q2*-1;-2;;. The van der Waals surface area contributed by atoms with Gasteiger partial charge in [-0.15, -0.1) is 0 Å². The van der Waals surface area contributed by atoms with Crippen molar-refractivity contribution in [1.82, 2.24) is 0 Å². The molecule has 0 aliphatic rings. The van der Waals surface area contributed by atoms with Crippen molar-refractivity contribution in [2.75, 3.05) is 20.7 Å². The first kappa shape index (κ1) is 31.6. The van der Waals surface area contributed by atoms with Crippen LogP contribution in [0, 0.1) is 0 Å². The summed E-state index contributed by atoms with van der Waals surface area (Å²) < 4.78 is 16.3. The average Bonchev–Trinajstić information content (AvgIpc) is 2.30. The zero-order valence-corrected chi connectivity index (χ0v) is 17.1. The van der Waals surface area contributed by atoms with Gasteiger partial charge in [0.2, 0.25) is 6.79 Å². The largest absolute Gasteiger partial charge is 1.00 e. The van der Waals surface area contributed by atoms with E-state index >= 15 is 0 Å². The van der Waals surface area contributed by atoms with Gasteiger partial charge in [0.05, 0.1) is 0 Å². The molecule has 0 heterocycles. The van der Waals surface area contributed by atoms with E-state index in [1.807, 2.05) is 0 Å². The maximum Gasteiger partial charge on any atom is 0.305 e. The van der Waals surface area contributed by atoms with Crippen LogP contribution in [0.25, 0.3) is 0 Å². The van der Waals surface area contributed by atoms with Crippen LogP contribution in [0.15, 0.2) is 0 Å². The maximum atomic E-state index is 9.89. The minimum atomic E-state index is -0.486. The van der Waals surface area contributed by atoms with Gasteiger partial charge >= 0.3 is 5.97 Å². The van der Waals surface area contributed by atoms with Crippen molar-refractivity contribution in [3.63, 3.8) is 0 Å². The third-order valence-corrected chi connectivity index (χ3v) is 0.616. The molecule has 0 saturated carbocycles. The summed E-state index contributed by atoms with van der Waals surface area (Å²) in [5.41, 5.74) is 0. The molecule has 0 bridgehead atoms. The fourth-order valence-electron chi connectivity index (χ4n) is 0.219. The summed E-state index contributed by atoms with van der Waals surface area (Å²) in [7, 11) is 1.43. The topological polar surface area (TPSA) is 88.1 Å². The average molecular weight is 448 g/mol. The smallest absolute Gasteiger partial charge is 0.305 e. The van der Waals surface area contributed by atoms with Gasteiger partial charge in [0.25, 0.3) is 0 Å². The maximum absolute atomic E-state index is 9.89. The quantitative estimate of drug-likeness (QED) is 0.130. The van der Waals surface area contributed by atoms with Gasteiger partial charge in [0, 0.05) is 79.5 Å². The minimum Gasteiger partial charge on any atom is -1.00 e. The first-order valence-electron chi connectivity index (χ1n) is 3.45. The molecule has 0 aliphatic carbocycles. The normalized spacial score (nSPS) is 6.22. The number of carbonyl (C=O) groups is 1. The van der Waals surface area contributed by atoms with Gasteiger partial charge in [-0.2, -0.15) is 0 Å². The molecule has 18 heavy (non-hydrogen) atoms. The number of ether oxygens (including phenoxy) is 4. The van der Waals surface area contributed by atoms with Crippen molar-refractivity contribution in [2.24, 2.45) is 0 Å². The van der Waals surface area contributed by atoms with Crippen molar-refractivity contribution >= 4 is 42.2 Å². The first-order valence-corrected chi connectivity index (χ1v) is 4.79. The Bertz CT molecular complexity index is 174. The molecule has 0 fully saturated rings. The molecule has 0 saturated heterocycles. The summed E-state index contributed by atoms with van der Waals surface area (Å²) in [4.78, 5) is 28.3. The van der Waals surface area contributed by atoms with Crippen LogP contribution in [0.5, 0.6) is 0 Å². The molecule has 0 aliphatic heterocycles. The molecule has 0 aromatic rings. The number of hydrogen-bond donors (Lipinski definition) is 0. The van der Waals surface area contributed by atoms with E-state index in [1.165, 1.54) is 20.5 Å². The van der Waals surface area contributed by atoms with Gasteiger partial charge in [0.1, 0.15) is 0 Å². The first-order chi connectivity index (χ1) is 7.68. The Morgan fingerprint density at radius 1 is 1.06 bits per heavy atom. The van der Waals surface area contributed by atoms with Crippen LogP contribution in [-0.4, -0.2) is 39.6 Å². The van der Waals surface area contributed by atoms with Crippen LogP contribution in [-0.2, 0) is 122 Å². The number of carbonyl (C=O) groups excluding carboxylic acids is 3. The predicted octanol–water partition coefficient (Wildman–Crippen LogP) is -0.745. The monoisotopic (exact) mass is 448 g/mol. The van der Waals surface area contributed by atoms with Gasteiger partial charge < -0.3 is 51.9 Å². The molecule has 0 atom stereocenters. The van der Waals surface area contributed by atoms with Gasteiger partial charge in [-0.25, -0.2) is 0 Å². The molecule has 102 valence electrons. The second kappa shape index (κ2) is 36.2. The SMILES string of the molecule is CC(=O)OCO[C-]=O.COCO[C-]=O.[S-][S-].[Y].[Y]. The molecule has 0 aromatic heterocycles. The van der Waals surface area contributed by atoms with Crippen LogP contribution in [0.4, 0.5) is 0 Å². The summed E-state index contributed by atoms with van der Waals surface area (Å²) in [6.45, 7) is 3.15. The summed E-state index contributed by atoms with van der Waals surface area (Å²) in [5, 5.41) is 0. The molecular weight excluding hydrogens is 438 g/mol. The zero-order chi connectivity index (χ0) is 13.2. The molecule has 0 spiro atoms. The van der Waals surface area contributed by atoms with Gasteiger partial charge in [-0.05, 0) is 0 Å². The third-order valence-electron chi connectivity index (χ3n) is 0.616. The van der Waals surface area contributed by atoms with Crippen molar-refractivity contribution in [2.45, 2.75) is 6.92 Å². The Morgan fingerprint density at radius 3 is 1.67 bits per heavy atom. The Balaban J connectivity index is -0.0000000511. The van der Waals surface area contributed by atoms with Crippen LogP contribution in [0.2, 0.25) is 0 Å². The Labute approximate surface area is 166 Å². The van der Waals surface area contributed by atoms with Crippen molar-refractivity contribution in [1.29, 1.82) is 0 Å². The van der Waals surface area contributed by atoms with E-state index in [0.29, 0.717) is 0 Å². The fraction of sp³-hybridized carbons (Fsp3) is 0.571. The minimum absolute atomic E-state index is 0. The summed E-state index contributed by atoms with van der Waals surface area (Å²) in [6.07, 6.45) is 0. The number of esters is 1. The van der Waals surface area contributed by atoms with Gasteiger partial charge in [0.15, 0.2) is 6.79 Å². The van der Waals surface area contributed by atoms with Crippen LogP contribution in [0.1, 0.15) is 6.92 Å². The predicted molar refractivity (Wildman–Crippen MR) is 56.8 cm³/mol. The van der Waals surface area contributed by atoms with E-state index in [4.69, 9.17) is 4.79 Å². The Hall–Kier alpha value is 1.28. The molecule has 7 nitrogen and oxygen atoms in total. The summed E-state index contributed by atoms with van der Waals surface area (Å²) in [6, 6.07) is 0. The second-order valence-corrected chi connectivity index (χ2v) is 1.62. The molecule has 0 aromatic carbocycles. The van der Waals surface area contributed by atoms with Crippen molar-refractivity contribution in [3.05, 3.63) is 0 Å².